The molecule has 2 aliphatic rings. The number of hydrogen-bond acceptors (Lipinski definition) is 2. The predicted octanol–water partition coefficient (Wildman–Crippen LogP) is 2.11. The fourth-order valence-corrected chi connectivity index (χ4v) is 2.82. The SMILES string of the molecule is C[C@]12CCCC(=O)[C@H]1CC(=O)CC2. The number of fused-ring (bicyclic) bond motifs is 1. The van der Waals surface area contributed by atoms with Gasteiger partial charge in [0.2, 0.25) is 0 Å². The van der Waals surface area contributed by atoms with Crippen molar-refractivity contribution in [1.29, 1.82) is 0 Å². The van der Waals surface area contributed by atoms with Gasteiger partial charge in [-0.2, -0.15) is 0 Å². The third-order valence-electron chi connectivity index (χ3n) is 3.81. The molecule has 72 valence electrons. The smallest absolute Gasteiger partial charge is 0.136 e. The Morgan fingerprint density at radius 1 is 1.23 bits per heavy atom. The lowest BCUT2D eigenvalue weighted by Crippen LogP contribution is -2.42. The second-order valence-corrected chi connectivity index (χ2v) is 4.77. The maximum absolute atomic E-state index is 11.6. The van der Waals surface area contributed by atoms with Gasteiger partial charge in [0.05, 0.1) is 0 Å². The third-order valence-corrected chi connectivity index (χ3v) is 3.81. The van der Waals surface area contributed by atoms with Gasteiger partial charge in [0.1, 0.15) is 11.6 Å². The molecular formula is C11H16O2. The van der Waals surface area contributed by atoms with E-state index in [9.17, 15) is 9.59 Å². The minimum Gasteiger partial charge on any atom is -0.300 e. The summed E-state index contributed by atoms with van der Waals surface area (Å²) in [5, 5.41) is 0. The van der Waals surface area contributed by atoms with Crippen molar-refractivity contribution in [2.45, 2.75) is 45.4 Å². The summed E-state index contributed by atoms with van der Waals surface area (Å²) in [6.45, 7) is 2.18. The molecule has 2 fully saturated rings. The van der Waals surface area contributed by atoms with Crippen molar-refractivity contribution in [1.82, 2.24) is 0 Å². The predicted molar refractivity (Wildman–Crippen MR) is 49.3 cm³/mol. The van der Waals surface area contributed by atoms with Crippen molar-refractivity contribution in [3.63, 3.8) is 0 Å². The Kier molecular flexibility index (Phi) is 2.01. The van der Waals surface area contributed by atoms with Crippen molar-refractivity contribution in [3.8, 4) is 0 Å². The molecule has 0 aromatic heterocycles. The molecule has 2 nitrogen and oxygen atoms in total. The molecule has 2 aliphatic carbocycles. The summed E-state index contributed by atoms with van der Waals surface area (Å²) in [7, 11) is 0. The van der Waals surface area contributed by atoms with Crippen LogP contribution in [0.5, 0.6) is 0 Å². The average Bonchev–Trinajstić information content (AvgIpc) is 2.08. The van der Waals surface area contributed by atoms with Crippen LogP contribution in [0, 0.1) is 11.3 Å². The number of hydrogen-bond donors (Lipinski definition) is 0. The fourth-order valence-electron chi connectivity index (χ4n) is 2.82. The van der Waals surface area contributed by atoms with Gasteiger partial charge in [-0.15, -0.1) is 0 Å². The first kappa shape index (κ1) is 8.92. The molecule has 2 atom stereocenters. The van der Waals surface area contributed by atoms with Crippen molar-refractivity contribution in [2.24, 2.45) is 11.3 Å². The minimum absolute atomic E-state index is 0.0579. The lowest BCUT2D eigenvalue weighted by molar-refractivity contribution is -0.139. The first-order valence-electron chi connectivity index (χ1n) is 5.16. The largest absolute Gasteiger partial charge is 0.300 e. The molecule has 0 bridgehead atoms. The normalized spacial score (nSPS) is 40.2. The fraction of sp³-hybridized carbons (Fsp3) is 0.818. The Morgan fingerprint density at radius 3 is 2.77 bits per heavy atom. The summed E-state index contributed by atoms with van der Waals surface area (Å²) >= 11 is 0. The van der Waals surface area contributed by atoms with Gasteiger partial charge in [-0.05, 0) is 24.7 Å². The van der Waals surface area contributed by atoms with Crippen molar-refractivity contribution < 1.29 is 9.59 Å². The zero-order chi connectivity index (χ0) is 9.47. The van der Waals surface area contributed by atoms with E-state index in [1.54, 1.807) is 0 Å². The third kappa shape index (κ3) is 1.43. The Morgan fingerprint density at radius 2 is 2.00 bits per heavy atom. The Hall–Kier alpha value is -0.660. The first-order chi connectivity index (χ1) is 6.12. The van der Waals surface area contributed by atoms with E-state index in [4.69, 9.17) is 0 Å². The van der Waals surface area contributed by atoms with Gasteiger partial charge in [-0.1, -0.05) is 6.92 Å². The van der Waals surface area contributed by atoms with Crippen LogP contribution >= 0.6 is 0 Å². The van der Waals surface area contributed by atoms with E-state index in [-0.39, 0.29) is 17.1 Å². The number of carbonyl (C=O) groups excluding carboxylic acids is 2. The summed E-state index contributed by atoms with van der Waals surface area (Å²) < 4.78 is 0. The van der Waals surface area contributed by atoms with Crippen molar-refractivity contribution >= 4 is 11.6 Å². The maximum Gasteiger partial charge on any atom is 0.136 e. The van der Waals surface area contributed by atoms with Gasteiger partial charge in [0, 0.05) is 25.2 Å². The van der Waals surface area contributed by atoms with Gasteiger partial charge < -0.3 is 0 Å². The molecule has 2 heteroatoms. The summed E-state index contributed by atoms with van der Waals surface area (Å²) in [5.41, 5.74) is 0.156. The highest BCUT2D eigenvalue weighted by atomic mass is 16.1. The average molecular weight is 180 g/mol. The van der Waals surface area contributed by atoms with E-state index < -0.39 is 0 Å². The number of ketones is 2. The molecule has 13 heavy (non-hydrogen) atoms. The van der Waals surface area contributed by atoms with Gasteiger partial charge in [0.25, 0.3) is 0 Å². The standard InChI is InChI=1S/C11H16O2/c1-11-5-2-3-10(13)9(11)7-8(12)4-6-11/h9H,2-7H2,1H3/t9-,11-/m1/s1. The number of carbonyl (C=O) groups is 2. The highest BCUT2D eigenvalue weighted by Crippen LogP contribution is 2.47. The van der Waals surface area contributed by atoms with E-state index >= 15 is 0 Å². The highest BCUT2D eigenvalue weighted by Gasteiger charge is 2.44. The molecule has 0 saturated heterocycles. The van der Waals surface area contributed by atoms with E-state index in [1.807, 2.05) is 0 Å². The quantitative estimate of drug-likeness (QED) is 0.572. The van der Waals surface area contributed by atoms with Crippen LogP contribution in [-0.2, 0) is 9.59 Å². The topological polar surface area (TPSA) is 34.1 Å². The van der Waals surface area contributed by atoms with Gasteiger partial charge >= 0.3 is 0 Å². The molecule has 0 N–H and O–H groups in total. The molecule has 2 saturated carbocycles. The molecule has 0 spiro atoms. The van der Waals surface area contributed by atoms with Gasteiger partial charge in [-0.3, -0.25) is 9.59 Å². The Balaban J connectivity index is 2.22. The lowest BCUT2D eigenvalue weighted by atomic mass is 9.60. The number of Topliss-reactive ketones (excluding diaryl/α,β-unsaturated/α-hetero) is 2. The van der Waals surface area contributed by atoms with E-state index in [1.165, 1.54) is 0 Å². The molecule has 0 unspecified atom stereocenters. The van der Waals surface area contributed by atoms with Crippen LogP contribution in [0.15, 0.2) is 0 Å². The summed E-state index contributed by atoms with van der Waals surface area (Å²) in [6, 6.07) is 0. The summed E-state index contributed by atoms with van der Waals surface area (Å²) in [5.74, 6) is 0.682. The van der Waals surface area contributed by atoms with Crippen LogP contribution in [0.2, 0.25) is 0 Å². The molecule has 0 aromatic carbocycles. The number of rotatable bonds is 0. The van der Waals surface area contributed by atoms with Crippen LogP contribution in [-0.4, -0.2) is 11.6 Å². The van der Waals surface area contributed by atoms with Crippen LogP contribution in [0.3, 0.4) is 0 Å². The zero-order valence-electron chi connectivity index (χ0n) is 8.14. The molecule has 0 amide bonds. The van der Waals surface area contributed by atoms with E-state index in [0.717, 1.165) is 19.3 Å². The first-order valence-corrected chi connectivity index (χ1v) is 5.16. The Bertz CT molecular complexity index is 257. The van der Waals surface area contributed by atoms with Gasteiger partial charge in [-0.25, -0.2) is 0 Å². The zero-order valence-corrected chi connectivity index (χ0v) is 8.14. The van der Waals surface area contributed by atoms with E-state index in [2.05, 4.69) is 6.92 Å². The molecule has 0 aromatic rings. The highest BCUT2D eigenvalue weighted by molar-refractivity contribution is 5.90. The molecule has 2 rings (SSSR count). The van der Waals surface area contributed by atoms with Crippen molar-refractivity contribution in [3.05, 3.63) is 0 Å². The lowest BCUT2D eigenvalue weighted by Gasteiger charge is -2.43. The van der Waals surface area contributed by atoms with Gasteiger partial charge in [0.15, 0.2) is 0 Å². The summed E-state index contributed by atoms with van der Waals surface area (Å²) in [4.78, 5) is 22.9. The molecule has 0 heterocycles. The van der Waals surface area contributed by atoms with Crippen molar-refractivity contribution in [2.75, 3.05) is 0 Å². The molecule has 0 radical (unpaired) electrons. The van der Waals surface area contributed by atoms with Crippen LogP contribution in [0.1, 0.15) is 45.4 Å². The Labute approximate surface area is 78.7 Å². The van der Waals surface area contributed by atoms with Crippen LogP contribution in [0.4, 0.5) is 0 Å². The second-order valence-electron chi connectivity index (χ2n) is 4.77. The van der Waals surface area contributed by atoms with Crippen LogP contribution < -0.4 is 0 Å². The van der Waals surface area contributed by atoms with Crippen LogP contribution in [0.25, 0.3) is 0 Å². The second kappa shape index (κ2) is 2.93. The molecular weight excluding hydrogens is 164 g/mol. The molecule has 0 aliphatic heterocycles. The maximum atomic E-state index is 11.6. The van der Waals surface area contributed by atoms with E-state index in [0.29, 0.717) is 25.0 Å². The summed E-state index contributed by atoms with van der Waals surface area (Å²) in [6.07, 6.45) is 5.02. The monoisotopic (exact) mass is 180 g/mol. The minimum atomic E-state index is 0.0579.